The molecule has 0 bridgehead atoms. The van der Waals surface area contributed by atoms with E-state index in [-0.39, 0.29) is 6.10 Å². The predicted octanol–water partition coefficient (Wildman–Crippen LogP) is 4.29. The maximum absolute atomic E-state index is 9.45. The van der Waals surface area contributed by atoms with Gasteiger partial charge in [-0.05, 0) is 51.4 Å². The molecule has 2 fully saturated rings. The first kappa shape index (κ1) is 15.7. The molecule has 3 heteroatoms. The van der Waals surface area contributed by atoms with E-state index in [0.29, 0.717) is 5.25 Å². The van der Waals surface area contributed by atoms with Crippen molar-refractivity contribution in [3.63, 3.8) is 0 Å². The Kier molecular flexibility index (Phi) is 8.05. The standard InChI is InChI=1S/C12H22OS2.C2H6/c13-9-1-5-11(6-2-9)15-12-7-3-10(14)4-8-12;1-2/h9-14H,1-8H2;1-2H3. The summed E-state index contributed by atoms with van der Waals surface area (Å²) >= 11 is 6.74. The number of hydrogen-bond donors (Lipinski definition) is 2. The first-order chi connectivity index (χ1) is 8.24. The molecule has 0 heterocycles. The summed E-state index contributed by atoms with van der Waals surface area (Å²) in [5.41, 5.74) is 0. The van der Waals surface area contributed by atoms with Gasteiger partial charge in [-0.1, -0.05) is 13.8 Å². The number of thiol groups is 1. The fourth-order valence-corrected chi connectivity index (χ4v) is 4.57. The zero-order valence-corrected chi connectivity index (χ0v) is 13.0. The molecule has 102 valence electrons. The van der Waals surface area contributed by atoms with Gasteiger partial charge in [-0.15, -0.1) is 0 Å². The summed E-state index contributed by atoms with van der Waals surface area (Å²) in [7, 11) is 0. The highest BCUT2D eigenvalue weighted by atomic mass is 32.2. The van der Waals surface area contributed by atoms with E-state index in [0.717, 1.165) is 23.3 Å². The van der Waals surface area contributed by atoms with E-state index in [2.05, 4.69) is 24.4 Å². The minimum Gasteiger partial charge on any atom is -0.393 e. The molecular formula is C14H28OS2. The van der Waals surface area contributed by atoms with E-state index in [1.165, 1.54) is 38.5 Å². The van der Waals surface area contributed by atoms with Crippen LogP contribution in [0.3, 0.4) is 0 Å². The van der Waals surface area contributed by atoms with Crippen molar-refractivity contribution in [2.75, 3.05) is 0 Å². The molecule has 0 unspecified atom stereocenters. The van der Waals surface area contributed by atoms with Crippen molar-refractivity contribution in [1.82, 2.24) is 0 Å². The Labute approximate surface area is 117 Å². The normalized spacial score (nSPS) is 38.1. The largest absolute Gasteiger partial charge is 0.393 e. The first-order valence-corrected chi connectivity index (χ1v) is 8.71. The summed E-state index contributed by atoms with van der Waals surface area (Å²) in [5.74, 6) is 0. The number of rotatable bonds is 2. The van der Waals surface area contributed by atoms with Crippen LogP contribution >= 0.6 is 24.4 Å². The lowest BCUT2D eigenvalue weighted by Gasteiger charge is -2.31. The van der Waals surface area contributed by atoms with Gasteiger partial charge in [0.15, 0.2) is 0 Å². The smallest absolute Gasteiger partial charge is 0.0541 e. The summed E-state index contributed by atoms with van der Waals surface area (Å²) in [4.78, 5) is 0. The van der Waals surface area contributed by atoms with Crippen molar-refractivity contribution in [1.29, 1.82) is 0 Å². The Morgan fingerprint density at radius 2 is 1.24 bits per heavy atom. The molecule has 0 atom stereocenters. The average Bonchev–Trinajstić information content (AvgIpc) is 2.37. The minimum absolute atomic E-state index is 0.00460. The van der Waals surface area contributed by atoms with E-state index < -0.39 is 0 Å². The van der Waals surface area contributed by atoms with Crippen LogP contribution in [0.15, 0.2) is 0 Å². The fourth-order valence-electron chi connectivity index (χ4n) is 2.63. The lowest BCUT2D eigenvalue weighted by molar-refractivity contribution is 0.132. The Hall–Kier alpha value is 0.660. The lowest BCUT2D eigenvalue weighted by atomic mass is 9.97. The molecule has 2 aliphatic rings. The van der Waals surface area contributed by atoms with Crippen molar-refractivity contribution < 1.29 is 5.11 Å². The van der Waals surface area contributed by atoms with Crippen LogP contribution in [0, 0.1) is 0 Å². The number of hydrogen-bond acceptors (Lipinski definition) is 3. The molecule has 0 radical (unpaired) electrons. The van der Waals surface area contributed by atoms with Gasteiger partial charge in [0.2, 0.25) is 0 Å². The van der Waals surface area contributed by atoms with Crippen molar-refractivity contribution in [2.24, 2.45) is 0 Å². The van der Waals surface area contributed by atoms with Gasteiger partial charge in [0, 0.05) is 15.7 Å². The van der Waals surface area contributed by atoms with Gasteiger partial charge in [0.1, 0.15) is 0 Å². The molecule has 0 aromatic heterocycles. The first-order valence-electron chi connectivity index (χ1n) is 7.25. The van der Waals surface area contributed by atoms with Gasteiger partial charge in [0.05, 0.1) is 6.10 Å². The van der Waals surface area contributed by atoms with E-state index >= 15 is 0 Å². The molecule has 0 aromatic carbocycles. The minimum atomic E-state index is -0.00460. The van der Waals surface area contributed by atoms with Crippen LogP contribution in [-0.2, 0) is 0 Å². The summed E-state index contributed by atoms with van der Waals surface area (Å²) in [6, 6.07) is 0. The molecule has 0 spiro atoms. The van der Waals surface area contributed by atoms with E-state index in [9.17, 15) is 5.11 Å². The summed E-state index contributed by atoms with van der Waals surface area (Å²) < 4.78 is 0. The van der Waals surface area contributed by atoms with Gasteiger partial charge in [-0.3, -0.25) is 0 Å². The van der Waals surface area contributed by atoms with Crippen LogP contribution < -0.4 is 0 Å². The fraction of sp³-hybridized carbons (Fsp3) is 1.00. The molecule has 2 rings (SSSR count). The van der Waals surface area contributed by atoms with Crippen LogP contribution in [0.1, 0.15) is 65.2 Å². The van der Waals surface area contributed by atoms with Gasteiger partial charge in [0.25, 0.3) is 0 Å². The zero-order chi connectivity index (χ0) is 12.7. The molecule has 1 N–H and O–H groups in total. The highest BCUT2D eigenvalue weighted by Gasteiger charge is 2.25. The van der Waals surface area contributed by atoms with E-state index in [1.54, 1.807) is 0 Å². The molecule has 2 saturated carbocycles. The van der Waals surface area contributed by atoms with Crippen molar-refractivity contribution in [3.05, 3.63) is 0 Å². The van der Waals surface area contributed by atoms with Gasteiger partial charge < -0.3 is 5.11 Å². The number of thioether (sulfide) groups is 1. The molecule has 0 aliphatic heterocycles. The van der Waals surface area contributed by atoms with Gasteiger partial charge >= 0.3 is 0 Å². The molecular weight excluding hydrogens is 248 g/mol. The summed E-state index contributed by atoms with van der Waals surface area (Å²) in [6.45, 7) is 4.00. The third kappa shape index (κ3) is 5.89. The number of aliphatic hydroxyl groups is 1. The molecule has 2 aliphatic carbocycles. The second-order valence-electron chi connectivity index (χ2n) is 5.00. The lowest BCUT2D eigenvalue weighted by Crippen LogP contribution is -2.24. The molecule has 1 nitrogen and oxygen atoms in total. The second kappa shape index (κ2) is 8.71. The van der Waals surface area contributed by atoms with Gasteiger partial charge in [-0.25, -0.2) is 0 Å². The Bertz CT molecular complexity index is 163. The van der Waals surface area contributed by atoms with Crippen LogP contribution in [0.25, 0.3) is 0 Å². The van der Waals surface area contributed by atoms with Crippen LogP contribution in [0.5, 0.6) is 0 Å². The Morgan fingerprint density at radius 3 is 1.71 bits per heavy atom. The Balaban J connectivity index is 0.000000686. The monoisotopic (exact) mass is 276 g/mol. The topological polar surface area (TPSA) is 20.2 Å². The highest BCUT2D eigenvalue weighted by Crippen LogP contribution is 2.37. The molecule has 0 aromatic rings. The van der Waals surface area contributed by atoms with Crippen LogP contribution in [0.2, 0.25) is 0 Å². The van der Waals surface area contributed by atoms with Crippen LogP contribution in [-0.4, -0.2) is 27.0 Å². The predicted molar refractivity (Wildman–Crippen MR) is 82.2 cm³/mol. The maximum Gasteiger partial charge on any atom is 0.0541 e. The third-order valence-corrected chi connectivity index (χ3v) is 5.90. The van der Waals surface area contributed by atoms with E-state index in [1.807, 2.05) is 13.8 Å². The highest BCUT2D eigenvalue weighted by molar-refractivity contribution is 8.00. The average molecular weight is 277 g/mol. The second-order valence-corrected chi connectivity index (χ2v) is 7.33. The third-order valence-electron chi connectivity index (χ3n) is 3.67. The Morgan fingerprint density at radius 1 is 0.824 bits per heavy atom. The molecule has 17 heavy (non-hydrogen) atoms. The molecule has 0 amide bonds. The summed E-state index contributed by atoms with van der Waals surface area (Å²) in [6.07, 6.45) is 9.83. The van der Waals surface area contributed by atoms with E-state index in [4.69, 9.17) is 0 Å². The quantitative estimate of drug-likeness (QED) is 0.734. The zero-order valence-electron chi connectivity index (χ0n) is 11.3. The summed E-state index contributed by atoms with van der Waals surface area (Å²) in [5, 5.41) is 11.8. The van der Waals surface area contributed by atoms with Crippen LogP contribution in [0.4, 0.5) is 0 Å². The van der Waals surface area contributed by atoms with Gasteiger partial charge in [-0.2, -0.15) is 24.4 Å². The SMILES string of the molecule is CC.OC1CCC(SC2CCC(S)CC2)CC1. The molecule has 0 saturated heterocycles. The maximum atomic E-state index is 9.45. The van der Waals surface area contributed by atoms with Crippen molar-refractivity contribution in [2.45, 2.75) is 87.1 Å². The van der Waals surface area contributed by atoms with Crippen molar-refractivity contribution >= 4 is 24.4 Å². The number of aliphatic hydroxyl groups excluding tert-OH is 1. The van der Waals surface area contributed by atoms with Crippen molar-refractivity contribution in [3.8, 4) is 0 Å².